The molecule has 4 heteroatoms. The molecule has 0 aliphatic carbocycles. The summed E-state index contributed by atoms with van der Waals surface area (Å²) >= 11 is 0. The van der Waals surface area contributed by atoms with Crippen LogP contribution in [0, 0.1) is 0 Å². The van der Waals surface area contributed by atoms with Crippen molar-refractivity contribution in [2.24, 2.45) is 0 Å². The first-order chi connectivity index (χ1) is 8.07. The summed E-state index contributed by atoms with van der Waals surface area (Å²) in [4.78, 5) is 6.76. The van der Waals surface area contributed by atoms with E-state index in [1.165, 1.54) is 0 Å². The van der Waals surface area contributed by atoms with E-state index < -0.39 is 5.60 Å². The summed E-state index contributed by atoms with van der Waals surface area (Å²) in [6, 6.07) is 0.561. The van der Waals surface area contributed by atoms with Crippen LogP contribution >= 0.6 is 0 Å². The smallest absolute Gasteiger partial charge is 0.140 e. The number of rotatable bonds is 3. The number of likely N-dealkylation sites (tertiary alicyclic amines) is 1. The highest BCUT2D eigenvalue weighted by Crippen LogP contribution is 2.32. The van der Waals surface area contributed by atoms with E-state index in [2.05, 4.69) is 30.7 Å². The first kappa shape index (κ1) is 12.6. The zero-order chi connectivity index (χ0) is 12.5. The van der Waals surface area contributed by atoms with Crippen LogP contribution in [0.15, 0.2) is 12.4 Å². The summed E-state index contributed by atoms with van der Waals surface area (Å²) in [7, 11) is 0. The number of hydrogen-bond acceptors (Lipinski definition) is 3. The van der Waals surface area contributed by atoms with Crippen molar-refractivity contribution < 1.29 is 5.11 Å². The number of hydrogen-bond donors (Lipinski definition) is 1. The van der Waals surface area contributed by atoms with Crippen LogP contribution in [0.1, 0.15) is 39.4 Å². The molecule has 1 aromatic heterocycles. The van der Waals surface area contributed by atoms with Crippen LogP contribution in [0.5, 0.6) is 0 Å². The van der Waals surface area contributed by atoms with Crippen molar-refractivity contribution in [1.29, 1.82) is 0 Å². The second kappa shape index (κ2) is 4.78. The first-order valence-corrected chi connectivity index (χ1v) is 6.55. The van der Waals surface area contributed by atoms with Gasteiger partial charge in [0.15, 0.2) is 0 Å². The number of imidazole rings is 1. The SMILES string of the molecule is CCn1ccnc1C1(O)CCN(C(C)C)CC1. The normalized spacial score (nSPS) is 21.0. The molecule has 1 fully saturated rings. The maximum absolute atomic E-state index is 10.7. The third-order valence-electron chi connectivity index (χ3n) is 3.83. The molecule has 96 valence electrons. The Morgan fingerprint density at radius 3 is 2.59 bits per heavy atom. The molecule has 0 saturated carbocycles. The summed E-state index contributed by atoms with van der Waals surface area (Å²) in [6.07, 6.45) is 5.29. The van der Waals surface area contributed by atoms with Crippen LogP contribution in [0.2, 0.25) is 0 Å². The van der Waals surface area contributed by atoms with Crippen LogP contribution in [-0.4, -0.2) is 38.7 Å². The minimum absolute atomic E-state index is 0.561. The molecule has 0 radical (unpaired) electrons. The Balaban J connectivity index is 2.12. The lowest BCUT2D eigenvalue weighted by atomic mass is 9.90. The fourth-order valence-corrected chi connectivity index (χ4v) is 2.61. The predicted molar refractivity (Wildman–Crippen MR) is 67.7 cm³/mol. The van der Waals surface area contributed by atoms with Crippen molar-refractivity contribution in [3.63, 3.8) is 0 Å². The largest absolute Gasteiger partial charge is 0.382 e. The van der Waals surface area contributed by atoms with Gasteiger partial charge in [-0.25, -0.2) is 4.98 Å². The molecule has 0 aromatic carbocycles. The van der Waals surface area contributed by atoms with Crippen molar-refractivity contribution in [3.05, 3.63) is 18.2 Å². The van der Waals surface area contributed by atoms with Crippen LogP contribution in [0.4, 0.5) is 0 Å². The monoisotopic (exact) mass is 237 g/mol. The van der Waals surface area contributed by atoms with Crippen molar-refractivity contribution in [1.82, 2.24) is 14.5 Å². The van der Waals surface area contributed by atoms with Gasteiger partial charge in [-0.15, -0.1) is 0 Å². The van der Waals surface area contributed by atoms with Crippen molar-refractivity contribution >= 4 is 0 Å². The average molecular weight is 237 g/mol. The Labute approximate surface area is 103 Å². The molecular weight excluding hydrogens is 214 g/mol. The van der Waals surface area contributed by atoms with E-state index in [0.29, 0.717) is 6.04 Å². The van der Waals surface area contributed by atoms with Gasteiger partial charge in [0.05, 0.1) is 0 Å². The Bertz CT molecular complexity index is 364. The third kappa shape index (κ3) is 2.38. The Kier molecular flexibility index (Phi) is 3.54. The molecule has 1 aliphatic rings. The van der Waals surface area contributed by atoms with Gasteiger partial charge < -0.3 is 14.6 Å². The zero-order valence-corrected chi connectivity index (χ0v) is 11.1. The maximum atomic E-state index is 10.7. The van der Waals surface area contributed by atoms with Crippen LogP contribution in [0.3, 0.4) is 0 Å². The molecule has 17 heavy (non-hydrogen) atoms. The number of aryl methyl sites for hydroxylation is 1. The van der Waals surface area contributed by atoms with Gasteiger partial charge in [0, 0.05) is 38.1 Å². The van der Waals surface area contributed by atoms with E-state index in [1.807, 2.05) is 10.8 Å². The van der Waals surface area contributed by atoms with Gasteiger partial charge in [-0.3, -0.25) is 0 Å². The lowest BCUT2D eigenvalue weighted by Gasteiger charge is -2.39. The third-order valence-corrected chi connectivity index (χ3v) is 3.83. The van der Waals surface area contributed by atoms with Gasteiger partial charge >= 0.3 is 0 Å². The van der Waals surface area contributed by atoms with Gasteiger partial charge in [0.1, 0.15) is 11.4 Å². The summed E-state index contributed by atoms with van der Waals surface area (Å²) in [6.45, 7) is 9.26. The van der Waals surface area contributed by atoms with E-state index in [9.17, 15) is 5.11 Å². The van der Waals surface area contributed by atoms with E-state index >= 15 is 0 Å². The van der Waals surface area contributed by atoms with Gasteiger partial charge in [-0.2, -0.15) is 0 Å². The molecule has 0 amide bonds. The minimum Gasteiger partial charge on any atom is -0.382 e. The standard InChI is InChI=1S/C13H23N3O/c1-4-15-10-7-14-12(15)13(17)5-8-16(9-6-13)11(2)3/h7,10-11,17H,4-6,8-9H2,1-3H3. The Hall–Kier alpha value is -0.870. The van der Waals surface area contributed by atoms with E-state index in [-0.39, 0.29) is 0 Å². The summed E-state index contributed by atoms with van der Waals surface area (Å²) in [5.74, 6) is 0.836. The zero-order valence-electron chi connectivity index (χ0n) is 11.1. The number of aliphatic hydroxyl groups is 1. The van der Waals surface area contributed by atoms with Crippen LogP contribution in [0.25, 0.3) is 0 Å². The molecule has 2 heterocycles. The lowest BCUT2D eigenvalue weighted by Crippen LogP contribution is -2.46. The fraction of sp³-hybridized carbons (Fsp3) is 0.769. The minimum atomic E-state index is -0.731. The Morgan fingerprint density at radius 2 is 2.06 bits per heavy atom. The fourth-order valence-electron chi connectivity index (χ4n) is 2.61. The van der Waals surface area contributed by atoms with Crippen LogP contribution < -0.4 is 0 Å². The quantitative estimate of drug-likeness (QED) is 0.868. The number of nitrogens with zero attached hydrogens (tertiary/aromatic N) is 3. The van der Waals surface area contributed by atoms with Gasteiger partial charge in [0.25, 0.3) is 0 Å². The summed E-state index contributed by atoms with van der Waals surface area (Å²) < 4.78 is 2.05. The molecule has 0 unspecified atom stereocenters. The lowest BCUT2D eigenvalue weighted by molar-refractivity contribution is -0.0413. The highest BCUT2D eigenvalue weighted by molar-refractivity contribution is 5.07. The molecule has 0 bridgehead atoms. The van der Waals surface area contributed by atoms with Gasteiger partial charge in [0.2, 0.25) is 0 Å². The number of piperidine rings is 1. The first-order valence-electron chi connectivity index (χ1n) is 6.55. The highest BCUT2D eigenvalue weighted by atomic mass is 16.3. The highest BCUT2D eigenvalue weighted by Gasteiger charge is 2.37. The number of aromatic nitrogens is 2. The van der Waals surface area contributed by atoms with E-state index in [1.54, 1.807) is 6.20 Å². The molecule has 0 atom stereocenters. The van der Waals surface area contributed by atoms with E-state index in [4.69, 9.17) is 0 Å². The summed E-state index contributed by atoms with van der Waals surface area (Å²) in [5, 5.41) is 10.7. The van der Waals surface area contributed by atoms with Crippen molar-refractivity contribution in [2.75, 3.05) is 13.1 Å². The van der Waals surface area contributed by atoms with Crippen molar-refractivity contribution in [2.45, 2.75) is 51.8 Å². The molecule has 2 rings (SSSR count). The van der Waals surface area contributed by atoms with Gasteiger partial charge in [-0.1, -0.05) is 0 Å². The topological polar surface area (TPSA) is 41.3 Å². The molecular formula is C13H23N3O. The second-order valence-corrected chi connectivity index (χ2v) is 5.20. The Morgan fingerprint density at radius 1 is 1.41 bits per heavy atom. The van der Waals surface area contributed by atoms with E-state index in [0.717, 1.165) is 38.3 Å². The van der Waals surface area contributed by atoms with Gasteiger partial charge in [-0.05, 0) is 33.6 Å². The molecule has 0 spiro atoms. The average Bonchev–Trinajstić information content (AvgIpc) is 2.78. The van der Waals surface area contributed by atoms with Crippen molar-refractivity contribution in [3.8, 4) is 0 Å². The molecule has 1 N–H and O–H groups in total. The molecule has 1 aromatic rings. The molecule has 4 nitrogen and oxygen atoms in total. The molecule has 1 aliphatic heterocycles. The predicted octanol–water partition coefficient (Wildman–Crippen LogP) is 1.59. The van der Waals surface area contributed by atoms with Crippen LogP contribution in [-0.2, 0) is 12.1 Å². The molecule has 1 saturated heterocycles. The maximum Gasteiger partial charge on any atom is 0.140 e. The summed E-state index contributed by atoms with van der Waals surface area (Å²) in [5.41, 5.74) is -0.731. The second-order valence-electron chi connectivity index (χ2n) is 5.20.